The molecule has 1 saturated heterocycles. The topological polar surface area (TPSA) is 89.4 Å². The van der Waals surface area contributed by atoms with Crippen LogP contribution in [0.3, 0.4) is 0 Å². The Morgan fingerprint density at radius 1 is 1.26 bits per heavy atom. The zero-order valence-electron chi connectivity index (χ0n) is 16.5. The number of benzene rings is 1. The quantitative estimate of drug-likeness (QED) is 0.257. The summed E-state index contributed by atoms with van der Waals surface area (Å²) in [5.41, 5.74) is 0.579. The predicted octanol–water partition coefficient (Wildman–Crippen LogP) is 4.54. The maximum absolute atomic E-state index is 13.1. The first-order chi connectivity index (χ1) is 14.8. The number of nitrogens with zero attached hydrogens (tertiary/aromatic N) is 2. The molecule has 0 saturated carbocycles. The number of anilines is 1. The molecule has 0 radical (unpaired) electrons. The summed E-state index contributed by atoms with van der Waals surface area (Å²) in [6.07, 6.45) is -2.69. The smallest absolute Gasteiger partial charge is 0.389 e. The minimum absolute atomic E-state index is 0.0130. The lowest BCUT2D eigenvalue weighted by atomic mass is 10.1. The van der Waals surface area contributed by atoms with E-state index in [1.54, 1.807) is 18.2 Å². The van der Waals surface area contributed by atoms with Gasteiger partial charge >= 0.3 is 12.2 Å². The van der Waals surface area contributed by atoms with Crippen LogP contribution in [-0.4, -0.2) is 48.4 Å². The summed E-state index contributed by atoms with van der Waals surface area (Å²) in [5.74, 6) is -0.447. The molecule has 0 spiro atoms. The molecule has 2 N–H and O–H groups in total. The average Bonchev–Trinajstić information content (AvgIpc) is 3.25. The summed E-state index contributed by atoms with van der Waals surface area (Å²) in [6, 6.07) is 4.59. The largest absolute Gasteiger partial charge is 0.477 e. The second-order valence-corrected chi connectivity index (χ2v) is 6.98. The van der Waals surface area contributed by atoms with Gasteiger partial charge < -0.3 is 19.5 Å². The van der Waals surface area contributed by atoms with Gasteiger partial charge in [-0.25, -0.2) is 14.4 Å². The van der Waals surface area contributed by atoms with Crippen LogP contribution in [0.5, 0.6) is 11.8 Å². The monoisotopic (exact) mass is 442 g/mol. The van der Waals surface area contributed by atoms with Crippen LogP contribution >= 0.6 is 0 Å². The molecule has 31 heavy (non-hydrogen) atoms. The molecule has 1 unspecified atom stereocenters. The number of aromatic nitrogens is 2. The zero-order chi connectivity index (χ0) is 22.3. The third-order valence-electron chi connectivity index (χ3n) is 4.49. The number of rotatable bonds is 9. The van der Waals surface area contributed by atoms with Gasteiger partial charge in [0.05, 0.1) is 36.9 Å². The van der Waals surface area contributed by atoms with E-state index in [2.05, 4.69) is 15.3 Å². The van der Waals surface area contributed by atoms with Crippen molar-refractivity contribution in [3.63, 3.8) is 0 Å². The first kappa shape index (κ1) is 22.7. The number of hydrogen-bond donors (Lipinski definition) is 2. The van der Waals surface area contributed by atoms with Crippen LogP contribution in [0.25, 0.3) is 0 Å². The summed E-state index contributed by atoms with van der Waals surface area (Å²) in [4.78, 5) is 7.45. The molecular weight excluding hydrogens is 420 g/mol. The number of hydrogen-bond acceptors (Lipinski definition) is 7. The number of alkyl halides is 3. The van der Waals surface area contributed by atoms with Crippen LogP contribution in [0, 0.1) is 17.1 Å². The molecule has 7 nitrogen and oxygen atoms in total. The van der Waals surface area contributed by atoms with Crippen molar-refractivity contribution in [2.45, 2.75) is 25.4 Å². The molecule has 0 bridgehead atoms. The first-order valence-corrected chi connectivity index (χ1v) is 9.70. The van der Waals surface area contributed by atoms with E-state index in [9.17, 15) is 17.6 Å². The Balaban J connectivity index is 1.76. The van der Waals surface area contributed by atoms with Crippen LogP contribution in [0.1, 0.15) is 24.8 Å². The standard InChI is InChI=1S/C20H22F4N4O3/c21-14-9-27-19(28-10-14)31-16-4-1-3-15(17(16)26-7-2-6-20(22,23)24)18(25)30-12-13-5-8-29-11-13/h1,3-4,9-10,13,25-26H,2,5-8,11-12H2. The molecule has 3 rings (SSSR count). The van der Waals surface area contributed by atoms with Gasteiger partial charge in [-0.2, -0.15) is 13.2 Å². The Labute approximate surface area is 176 Å². The molecule has 1 aromatic carbocycles. The molecule has 1 aliphatic heterocycles. The first-order valence-electron chi connectivity index (χ1n) is 9.70. The van der Waals surface area contributed by atoms with Crippen molar-refractivity contribution in [2.75, 3.05) is 31.7 Å². The zero-order valence-corrected chi connectivity index (χ0v) is 16.5. The van der Waals surface area contributed by atoms with Gasteiger partial charge in [0.2, 0.25) is 5.90 Å². The summed E-state index contributed by atoms with van der Waals surface area (Å²) < 4.78 is 66.9. The van der Waals surface area contributed by atoms with Gasteiger partial charge in [-0.15, -0.1) is 0 Å². The fourth-order valence-corrected chi connectivity index (χ4v) is 2.94. The Morgan fingerprint density at radius 2 is 2.03 bits per heavy atom. The molecule has 168 valence electrons. The Kier molecular flexibility index (Phi) is 7.61. The lowest BCUT2D eigenvalue weighted by molar-refractivity contribution is -0.134. The van der Waals surface area contributed by atoms with E-state index in [-0.39, 0.29) is 42.2 Å². The molecular formula is C20H22F4N4O3. The normalized spacial score (nSPS) is 16.2. The second kappa shape index (κ2) is 10.4. The van der Waals surface area contributed by atoms with Gasteiger partial charge in [-0.3, -0.25) is 5.41 Å². The maximum Gasteiger partial charge on any atom is 0.389 e. The van der Waals surface area contributed by atoms with E-state index < -0.39 is 18.4 Å². The lowest BCUT2D eigenvalue weighted by Crippen LogP contribution is -2.17. The summed E-state index contributed by atoms with van der Waals surface area (Å²) >= 11 is 0. The molecule has 1 aliphatic rings. The molecule has 11 heteroatoms. The predicted molar refractivity (Wildman–Crippen MR) is 104 cm³/mol. The van der Waals surface area contributed by atoms with E-state index in [4.69, 9.17) is 19.6 Å². The van der Waals surface area contributed by atoms with E-state index in [0.29, 0.717) is 25.4 Å². The van der Waals surface area contributed by atoms with Crippen molar-refractivity contribution >= 4 is 11.6 Å². The van der Waals surface area contributed by atoms with E-state index in [1.807, 2.05) is 0 Å². The van der Waals surface area contributed by atoms with Crippen LogP contribution in [0.2, 0.25) is 0 Å². The molecule has 2 aromatic rings. The SMILES string of the molecule is N=C(OCC1CCOC1)c1cccc(Oc2ncc(F)cn2)c1NCCCC(F)(F)F. The third-order valence-corrected chi connectivity index (χ3v) is 4.49. The minimum Gasteiger partial charge on any atom is -0.477 e. The fraction of sp³-hybridized carbons (Fsp3) is 0.450. The van der Waals surface area contributed by atoms with Crippen molar-refractivity contribution in [3.8, 4) is 11.8 Å². The van der Waals surface area contributed by atoms with Crippen LogP contribution in [-0.2, 0) is 9.47 Å². The van der Waals surface area contributed by atoms with E-state index in [0.717, 1.165) is 18.8 Å². The third kappa shape index (κ3) is 7.06. The van der Waals surface area contributed by atoms with E-state index in [1.165, 1.54) is 0 Å². The van der Waals surface area contributed by atoms with Crippen LogP contribution in [0.15, 0.2) is 30.6 Å². The second-order valence-electron chi connectivity index (χ2n) is 6.98. The maximum atomic E-state index is 13.1. The van der Waals surface area contributed by atoms with Gasteiger partial charge in [0.15, 0.2) is 11.6 Å². The number of para-hydroxylation sites is 1. The van der Waals surface area contributed by atoms with Crippen molar-refractivity contribution in [1.29, 1.82) is 5.41 Å². The van der Waals surface area contributed by atoms with Crippen molar-refractivity contribution < 1.29 is 31.8 Å². The van der Waals surface area contributed by atoms with E-state index >= 15 is 0 Å². The average molecular weight is 442 g/mol. The Hall–Kier alpha value is -2.95. The van der Waals surface area contributed by atoms with Gasteiger partial charge in [0.1, 0.15) is 0 Å². The summed E-state index contributed by atoms with van der Waals surface area (Å²) in [5, 5.41) is 11.2. The fourth-order valence-electron chi connectivity index (χ4n) is 2.94. The Morgan fingerprint density at radius 3 is 2.71 bits per heavy atom. The minimum atomic E-state index is -4.26. The molecule has 1 aromatic heterocycles. The van der Waals surface area contributed by atoms with Crippen LogP contribution in [0.4, 0.5) is 23.2 Å². The number of nitrogens with one attached hydrogen (secondary N) is 2. The van der Waals surface area contributed by atoms with Crippen molar-refractivity contribution in [2.24, 2.45) is 5.92 Å². The lowest BCUT2D eigenvalue weighted by Gasteiger charge is -2.18. The number of ether oxygens (including phenoxy) is 3. The van der Waals surface area contributed by atoms with Gasteiger partial charge in [-0.1, -0.05) is 6.07 Å². The van der Waals surface area contributed by atoms with Gasteiger partial charge in [-0.05, 0) is 25.0 Å². The highest BCUT2D eigenvalue weighted by atomic mass is 19.4. The van der Waals surface area contributed by atoms with Gasteiger partial charge in [0, 0.05) is 25.5 Å². The van der Waals surface area contributed by atoms with Gasteiger partial charge in [0.25, 0.3) is 0 Å². The van der Waals surface area contributed by atoms with Crippen LogP contribution < -0.4 is 10.1 Å². The summed E-state index contributed by atoms with van der Waals surface area (Å²) in [7, 11) is 0. The molecule has 0 amide bonds. The van der Waals surface area contributed by atoms with Crippen molar-refractivity contribution in [1.82, 2.24) is 9.97 Å². The molecule has 1 atom stereocenters. The highest BCUT2D eigenvalue weighted by Gasteiger charge is 2.26. The molecule has 0 aliphatic carbocycles. The van der Waals surface area contributed by atoms with Crippen molar-refractivity contribution in [3.05, 3.63) is 42.0 Å². The summed E-state index contributed by atoms with van der Waals surface area (Å²) in [6.45, 7) is 1.48. The highest BCUT2D eigenvalue weighted by Crippen LogP contribution is 2.32. The number of halogens is 4. The molecule has 2 heterocycles. The Bertz CT molecular complexity index is 872. The highest BCUT2D eigenvalue weighted by molar-refractivity contribution is 5.99. The molecule has 1 fully saturated rings.